The number of ether oxygens (including phenoxy) is 2. The van der Waals surface area contributed by atoms with E-state index < -0.39 is 21.3 Å². The first-order chi connectivity index (χ1) is 9.78. The fourth-order valence-electron chi connectivity index (χ4n) is 1.80. The van der Waals surface area contributed by atoms with Gasteiger partial charge in [-0.3, -0.25) is 9.10 Å². The van der Waals surface area contributed by atoms with E-state index >= 15 is 0 Å². The molecule has 0 aliphatic heterocycles. The molecule has 0 heterocycles. The molecule has 0 aliphatic rings. The number of benzene rings is 1. The van der Waals surface area contributed by atoms with Crippen LogP contribution in [0.3, 0.4) is 0 Å². The van der Waals surface area contributed by atoms with Crippen LogP contribution in [-0.4, -0.2) is 39.7 Å². The second-order valence-corrected chi connectivity index (χ2v) is 6.72. The molecule has 0 fully saturated rings. The van der Waals surface area contributed by atoms with Gasteiger partial charge in [0.25, 0.3) is 0 Å². The van der Waals surface area contributed by atoms with Crippen molar-refractivity contribution in [2.45, 2.75) is 19.9 Å². The number of hydrogen-bond donors (Lipinski definition) is 0. The molecule has 1 aromatic carbocycles. The van der Waals surface area contributed by atoms with Gasteiger partial charge in [-0.2, -0.15) is 0 Å². The Morgan fingerprint density at radius 1 is 1.33 bits per heavy atom. The molecule has 0 N–H and O–H groups in total. The van der Waals surface area contributed by atoms with E-state index in [9.17, 15) is 13.2 Å². The Morgan fingerprint density at radius 2 is 1.95 bits per heavy atom. The lowest BCUT2D eigenvalue weighted by Crippen LogP contribution is -2.43. The molecule has 0 bridgehead atoms. The molecule has 0 radical (unpaired) electrons. The molecule has 0 amide bonds. The maximum atomic E-state index is 12.3. The third-order valence-electron chi connectivity index (χ3n) is 2.97. The SMILES string of the molecule is CCS(=O)(=O)N(c1ccc(OC)cc1OC)C(C)C(=O)Cl. The van der Waals surface area contributed by atoms with E-state index in [-0.39, 0.29) is 17.2 Å². The van der Waals surface area contributed by atoms with Crippen LogP contribution in [0.1, 0.15) is 13.8 Å². The Kier molecular flexibility index (Phi) is 5.86. The minimum Gasteiger partial charge on any atom is -0.497 e. The highest BCUT2D eigenvalue weighted by atomic mass is 35.5. The van der Waals surface area contributed by atoms with Crippen molar-refractivity contribution in [2.75, 3.05) is 24.3 Å². The van der Waals surface area contributed by atoms with Crippen LogP contribution >= 0.6 is 11.6 Å². The molecular weight excluding hydrogens is 318 g/mol. The van der Waals surface area contributed by atoms with Crippen molar-refractivity contribution < 1.29 is 22.7 Å². The maximum Gasteiger partial charge on any atom is 0.245 e. The molecule has 0 saturated heterocycles. The predicted octanol–water partition coefficient (Wildman–Crippen LogP) is 2.01. The van der Waals surface area contributed by atoms with Gasteiger partial charge in [0.1, 0.15) is 17.5 Å². The second-order valence-electron chi connectivity index (χ2n) is 4.21. The summed E-state index contributed by atoms with van der Waals surface area (Å²) in [5.41, 5.74) is 0.238. The summed E-state index contributed by atoms with van der Waals surface area (Å²) in [4.78, 5) is 11.4. The molecule has 118 valence electrons. The van der Waals surface area contributed by atoms with Crippen molar-refractivity contribution >= 4 is 32.6 Å². The van der Waals surface area contributed by atoms with Crippen molar-refractivity contribution in [3.8, 4) is 11.5 Å². The quantitative estimate of drug-likeness (QED) is 0.713. The average Bonchev–Trinajstić information content (AvgIpc) is 2.47. The molecule has 0 spiro atoms. The lowest BCUT2D eigenvalue weighted by atomic mass is 10.2. The first-order valence-electron chi connectivity index (χ1n) is 6.22. The molecule has 1 unspecified atom stereocenters. The highest BCUT2D eigenvalue weighted by Gasteiger charge is 2.32. The second kappa shape index (κ2) is 7.00. The maximum absolute atomic E-state index is 12.3. The largest absolute Gasteiger partial charge is 0.497 e. The van der Waals surface area contributed by atoms with Crippen molar-refractivity contribution in [2.24, 2.45) is 0 Å². The summed E-state index contributed by atoms with van der Waals surface area (Å²) in [5, 5.41) is -0.773. The monoisotopic (exact) mass is 335 g/mol. The number of methoxy groups -OCH3 is 2. The zero-order valence-corrected chi connectivity index (χ0v) is 13.9. The summed E-state index contributed by atoms with van der Waals surface area (Å²) in [5.74, 6) is 0.613. The van der Waals surface area contributed by atoms with Gasteiger partial charge in [0.2, 0.25) is 15.3 Å². The van der Waals surface area contributed by atoms with Crippen LogP contribution in [0.15, 0.2) is 18.2 Å². The standard InChI is InChI=1S/C13H18ClNO5S/c1-5-21(17,18)15(9(2)13(14)16)11-7-6-10(19-3)8-12(11)20-4/h6-9H,5H2,1-4H3. The number of halogens is 1. The van der Waals surface area contributed by atoms with Crippen LogP contribution in [0.2, 0.25) is 0 Å². The van der Waals surface area contributed by atoms with Crippen LogP contribution < -0.4 is 13.8 Å². The lowest BCUT2D eigenvalue weighted by Gasteiger charge is -2.29. The molecular formula is C13H18ClNO5S. The first kappa shape index (κ1) is 17.6. The van der Waals surface area contributed by atoms with E-state index in [0.29, 0.717) is 5.75 Å². The van der Waals surface area contributed by atoms with Crippen molar-refractivity contribution in [3.63, 3.8) is 0 Å². The Morgan fingerprint density at radius 3 is 2.38 bits per heavy atom. The van der Waals surface area contributed by atoms with Crippen LogP contribution in [0.25, 0.3) is 0 Å². The smallest absolute Gasteiger partial charge is 0.245 e. The van der Waals surface area contributed by atoms with E-state index in [2.05, 4.69) is 0 Å². The highest BCUT2D eigenvalue weighted by molar-refractivity contribution is 7.92. The zero-order chi connectivity index (χ0) is 16.2. The van der Waals surface area contributed by atoms with Gasteiger partial charge in [-0.1, -0.05) is 0 Å². The highest BCUT2D eigenvalue weighted by Crippen LogP contribution is 2.35. The normalized spacial score (nSPS) is 12.6. The van der Waals surface area contributed by atoms with Gasteiger partial charge in [0, 0.05) is 6.07 Å². The number of nitrogens with zero attached hydrogens (tertiary/aromatic N) is 1. The van der Waals surface area contributed by atoms with Crippen LogP contribution in [0, 0.1) is 0 Å². The zero-order valence-electron chi connectivity index (χ0n) is 12.3. The van der Waals surface area contributed by atoms with Gasteiger partial charge in [-0.25, -0.2) is 8.42 Å². The number of anilines is 1. The predicted molar refractivity (Wildman–Crippen MR) is 81.8 cm³/mol. The fourth-order valence-corrected chi connectivity index (χ4v) is 3.26. The van der Waals surface area contributed by atoms with Gasteiger partial charge in [-0.15, -0.1) is 0 Å². The Hall–Kier alpha value is -1.47. The number of sulfonamides is 1. The van der Waals surface area contributed by atoms with Gasteiger partial charge in [-0.05, 0) is 37.6 Å². The van der Waals surface area contributed by atoms with Crippen molar-refractivity contribution in [1.29, 1.82) is 0 Å². The lowest BCUT2D eigenvalue weighted by molar-refractivity contribution is -0.112. The van der Waals surface area contributed by atoms with Gasteiger partial charge in [0.15, 0.2) is 0 Å². The molecule has 0 aromatic heterocycles. The summed E-state index contributed by atoms with van der Waals surface area (Å²) >= 11 is 5.48. The number of carbonyl (C=O) groups is 1. The molecule has 8 heteroatoms. The minimum atomic E-state index is -3.70. The minimum absolute atomic E-state index is 0.170. The Balaban J connectivity index is 3.50. The molecule has 1 aromatic rings. The van der Waals surface area contributed by atoms with Crippen LogP contribution in [0.4, 0.5) is 5.69 Å². The van der Waals surface area contributed by atoms with Gasteiger partial charge in [0.05, 0.1) is 25.7 Å². The van der Waals surface area contributed by atoms with Gasteiger partial charge < -0.3 is 9.47 Å². The first-order valence-corrected chi connectivity index (χ1v) is 8.20. The molecule has 21 heavy (non-hydrogen) atoms. The number of hydrogen-bond acceptors (Lipinski definition) is 5. The van der Waals surface area contributed by atoms with E-state index in [1.54, 1.807) is 12.1 Å². The van der Waals surface area contributed by atoms with Gasteiger partial charge >= 0.3 is 0 Å². The fraction of sp³-hybridized carbons (Fsp3) is 0.462. The van der Waals surface area contributed by atoms with Crippen molar-refractivity contribution in [3.05, 3.63) is 18.2 Å². The number of carbonyl (C=O) groups excluding carboxylic acids is 1. The Bertz CT molecular complexity index is 617. The third kappa shape index (κ3) is 3.79. The van der Waals surface area contributed by atoms with E-state index in [1.807, 2.05) is 0 Å². The molecule has 1 atom stereocenters. The number of rotatable bonds is 7. The summed E-state index contributed by atoms with van der Waals surface area (Å²) in [7, 11) is -0.812. The summed E-state index contributed by atoms with van der Waals surface area (Å²) in [6, 6.07) is 3.60. The molecule has 6 nitrogen and oxygen atoms in total. The summed E-state index contributed by atoms with van der Waals surface area (Å²) < 4.78 is 35.8. The van der Waals surface area contributed by atoms with E-state index in [0.717, 1.165) is 4.31 Å². The Labute approximate surface area is 129 Å². The summed E-state index contributed by atoms with van der Waals surface area (Å²) in [6.45, 7) is 2.91. The average molecular weight is 336 g/mol. The molecule has 0 aliphatic carbocycles. The molecule has 1 rings (SSSR count). The van der Waals surface area contributed by atoms with E-state index in [4.69, 9.17) is 21.1 Å². The van der Waals surface area contributed by atoms with Crippen LogP contribution in [-0.2, 0) is 14.8 Å². The van der Waals surface area contributed by atoms with Crippen molar-refractivity contribution in [1.82, 2.24) is 0 Å². The topological polar surface area (TPSA) is 72.9 Å². The molecule has 0 saturated carbocycles. The van der Waals surface area contributed by atoms with Crippen LogP contribution in [0.5, 0.6) is 11.5 Å². The van der Waals surface area contributed by atoms with E-state index in [1.165, 1.54) is 34.1 Å². The summed E-state index contributed by atoms with van der Waals surface area (Å²) in [6.07, 6.45) is 0. The third-order valence-corrected chi connectivity index (χ3v) is 5.13.